The van der Waals surface area contributed by atoms with Gasteiger partial charge in [-0.15, -0.1) is 11.3 Å². The van der Waals surface area contributed by atoms with Crippen molar-refractivity contribution in [2.75, 3.05) is 0 Å². The van der Waals surface area contributed by atoms with Crippen LogP contribution in [0, 0.1) is 0 Å². The predicted octanol–water partition coefficient (Wildman–Crippen LogP) is 12.9. The lowest BCUT2D eigenvalue weighted by Gasteiger charge is -2.11. The van der Waals surface area contributed by atoms with Crippen molar-refractivity contribution in [2.45, 2.75) is 0 Å². The highest BCUT2D eigenvalue weighted by atomic mass is 32.1. The van der Waals surface area contributed by atoms with E-state index >= 15 is 0 Å². The molecule has 0 saturated carbocycles. The third-order valence-electron chi connectivity index (χ3n) is 10.6. The Morgan fingerprint density at radius 3 is 1.91 bits per heavy atom. The fraction of sp³-hybridized carbons (Fsp3) is 0. The number of aromatic nitrogens is 4. The summed E-state index contributed by atoms with van der Waals surface area (Å²) in [6.07, 6.45) is 0. The second-order valence-corrected chi connectivity index (χ2v) is 14.6. The number of hydrogen-bond donors (Lipinski definition) is 0. The van der Waals surface area contributed by atoms with Crippen LogP contribution in [0.25, 0.3) is 114 Å². The van der Waals surface area contributed by atoms with Crippen LogP contribution in [-0.2, 0) is 0 Å². The molecule has 246 valence electrons. The molecule has 8 aromatic carbocycles. The topological polar surface area (TPSA) is 56.7 Å². The van der Waals surface area contributed by atoms with Crippen LogP contribution in [0.15, 0.2) is 162 Å². The lowest BCUT2D eigenvalue weighted by molar-refractivity contribution is 0.669. The van der Waals surface area contributed by atoms with Crippen LogP contribution in [0.1, 0.15) is 0 Å². The van der Waals surface area contributed by atoms with Gasteiger partial charge in [-0.3, -0.25) is 4.57 Å². The van der Waals surface area contributed by atoms with Crippen LogP contribution in [0.4, 0.5) is 0 Å². The summed E-state index contributed by atoms with van der Waals surface area (Å²) in [6, 6.07) is 55.4. The van der Waals surface area contributed by atoms with Gasteiger partial charge in [0.2, 0.25) is 5.95 Å². The first-order valence-electron chi connectivity index (χ1n) is 17.7. The van der Waals surface area contributed by atoms with E-state index < -0.39 is 0 Å². The van der Waals surface area contributed by atoms with Crippen molar-refractivity contribution >= 4 is 96.8 Å². The van der Waals surface area contributed by atoms with Gasteiger partial charge in [0.15, 0.2) is 11.6 Å². The van der Waals surface area contributed by atoms with Crippen molar-refractivity contribution in [1.82, 2.24) is 19.5 Å². The molecule has 0 fully saturated rings. The van der Waals surface area contributed by atoms with E-state index in [0.717, 1.165) is 44.1 Å². The van der Waals surface area contributed by atoms with Crippen molar-refractivity contribution < 1.29 is 4.42 Å². The first kappa shape index (κ1) is 28.8. The highest BCUT2D eigenvalue weighted by molar-refractivity contribution is 7.26. The second-order valence-electron chi connectivity index (χ2n) is 13.6. The Balaban J connectivity index is 1.16. The minimum absolute atomic E-state index is 0.570. The fourth-order valence-electron chi connectivity index (χ4n) is 8.26. The molecule has 0 unspecified atom stereocenters. The Labute approximate surface area is 306 Å². The summed E-state index contributed by atoms with van der Waals surface area (Å²) >= 11 is 1.85. The summed E-state index contributed by atoms with van der Waals surface area (Å²) in [5, 5.41) is 11.9. The van der Waals surface area contributed by atoms with Crippen molar-refractivity contribution in [3.63, 3.8) is 0 Å². The smallest absolute Gasteiger partial charge is 0.238 e. The fourth-order valence-corrected chi connectivity index (χ4v) is 9.51. The van der Waals surface area contributed by atoms with Gasteiger partial charge in [-0.25, -0.2) is 4.98 Å². The standard InChI is InChI=1S/C47H26N4OS/c1-2-12-29(13-3-1)45-48-46(30-18-21-35-39(26-30)52-38-25-20-28-11-4-6-14-31(28)41(35)38)50-47(49-45)51-36-23-19-27-10-5-7-15-32(27)42(36)43-37(51)24-22-34-33-16-8-9-17-40(33)53-44(34)43/h1-26H. The van der Waals surface area contributed by atoms with E-state index in [-0.39, 0.29) is 0 Å². The zero-order valence-electron chi connectivity index (χ0n) is 28.1. The van der Waals surface area contributed by atoms with E-state index in [4.69, 9.17) is 19.4 Å². The first-order chi connectivity index (χ1) is 26.3. The molecule has 0 N–H and O–H groups in total. The number of furan rings is 1. The zero-order chi connectivity index (χ0) is 34.6. The molecule has 12 rings (SSSR count). The number of thiophene rings is 1. The van der Waals surface area contributed by atoms with E-state index in [1.807, 2.05) is 29.5 Å². The number of nitrogens with zero attached hydrogens (tertiary/aromatic N) is 4. The molecule has 0 atom stereocenters. The minimum atomic E-state index is 0.570. The van der Waals surface area contributed by atoms with E-state index in [1.54, 1.807) is 0 Å². The summed E-state index contributed by atoms with van der Waals surface area (Å²) in [5.74, 6) is 1.76. The Bertz CT molecular complexity index is 3470. The number of benzene rings is 8. The van der Waals surface area contributed by atoms with Gasteiger partial charge in [0.05, 0.1) is 11.0 Å². The summed E-state index contributed by atoms with van der Waals surface area (Å²) in [7, 11) is 0. The molecule has 0 bridgehead atoms. The molecule has 12 aromatic rings. The molecule has 0 aliphatic rings. The van der Waals surface area contributed by atoms with Gasteiger partial charge in [-0.1, -0.05) is 121 Å². The van der Waals surface area contributed by atoms with Gasteiger partial charge < -0.3 is 4.42 Å². The first-order valence-corrected chi connectivity index (χ1v) is 18.5. The van der Waals surface area contributed by atoms with Crippen molar-refractivity contribution in [1.29, 1.82) is 0 Å². The highest BCUT2D eigenvalue weighted by Crippen LogP contribution is 2.45. The Kier molecular flexibility index (Phi) is 5.87. The highest BCUT2D eigenvalue weighted by Gasteiger charge is 2.22. The van der Waals surface area contributed by atoms with Crippen LogP contribution >= 0.6 is 11.3 Å². The molecule has 0 spiro atoms. The molecule has 0 saturated heterocycles. The molecule has 4 aromatic heterocycles. The van der Waals surface area contributed by atoms with E-state index in [9.17, 15) is 0 Å². The third kappa shape index (κ3) is 4.15. The monoisotopic (exact) mass is 694 g/mol. The molecule has 4 heterocycles. The largest absolute Gasteiger partial charge is 0.456 e. The number of hydrogen-bond acceptors (Lipinski definition) is 5. The molecule has 53 heavy (non-hydrogen) atoms. The van der Waals surface area contributed by atoms with Gasteiger partial charge in [0.1, 0.15) is 11.2 Å². The minimum Gasteiger partial charge on any atom is -0.456 e. The van der Waals surface area contributed by atoms with Gasteiger partial charge in [0, 0.05) is 52.8 Å². The Morgan fingerprint density at radius 2 is 1.08 bits per heavy atom. The van der Waals surface area contributed by atoms with Gasteiger partial charge in [0.25, 0.3) is 0 Å². The average Bonchev–Trinajstić information content (AvgIpc) is 3.90. The van der Waals surface area contributed by atoms with E-state index in [1.165, 1.54) is 52.5 Å². The maximum atomic E-state index is 6.49. The van der Waals surface area contributed by atoms with Crippen LogP contribution in [0.2, 0.25) is 0 Å². The van der Waals surface area contributed by atoms with E-state index in [0.29, 0.717) is 17.6 Å². The Morgan fingerprint density at radius 1 is 0.434 bits per heavy atom. The Hall–Kier alpha value is -6.89. The molecule has 0 amide bonds. The number of rotatable bonds is 3. The van der Waals surface area contributed by atoms with E-state index in [2.05, 4.69) is 144 Å². The lowest BCUT2D eigenvalue weighted by Crippen LogP contribution is -2.06. The van der Waals surface area contributed by atoms with Gasteiger partial charge >= 0.3 is 0 Å². The second kappa shape index (κ2) is 10.8. The maximum absolute atomic E-state index is 6.49. The molecule has 6 heteroatoms. The average molecular weight is 695 g/mol. The maximum Gasteiger partial charge on any atom is 0.238 e. The summed E-state index contributed by atoms with van der Waals surface area (Å²) < 4.78 is 11.3. The van der Waals surface area contributed by atoms with Crippen molar-refractivity contribution in [3.8, 4) is 28.7 Å². The van der Waals surface area contributed by atoms with Crippen LogP contribution < -0.4 is 0 Å². The van der Waals surface area contributed by atoms with Crippen molar-refractivity contribution in [3.05, 3.63) is 158 Å². The lowest BCUT2D eigenvalue weighted by atomic mass is 10.0. The van der Waals surface area contributed by atoms with Gasteiger partial charge in [-0.05, 0) is 57.9 Å². The van der Waals surface area contributed by atoms with Crippen LogP contribution in [0.3, 0.4) is 0 Å². The predicted molar refractivity (Wildman–Crippen MR) is 220 cm³/mol. The summed E-state index contributed by atoms with van der Waals surface area (Å²) in [4.78, 5) is 15.6. The van der Waals surface area contributed by atoms with Crippen LogP contribution in [0.5, 0.6) is 0 Å². The summed E-state index contributed by atoms with van der Waals surface area (Å²) in [5.41, 5.74) is 5.56. The molecular formula is C47H26N4OS. The molecule has 0 radical (unpaired) electrons. The zero-order valence-corrected chi connectivity index (χ0v) is 28.9. The molecule has 0 aliphatic carbocycles. The van der Waals surface area contributed by atoms with Crippen molar-refractivity contribution in [2.24, 2.45) is 0 Å². The normalized spacial score (nSPS) is 12.2. The third-order valence-corrected chi connectivity index (χ3v) is 11.8. The molecular weight excluding hydrogens is 669 g/mol. The van der Waals surface area contributed by atoms with Crippen LogP contribution in [-0.4, -0.2) is 19.5 Å². The molecule has 0 aliphatic heterocycles. The molecule has 5 nitrogen and oxygen atoms in total. The quantitative estimate of drug-likeness (QED) is 0.185. The van der Waals surface area contributed by atoms with Gasteiger partial charge in [-0.2, -0.15) is 9.97 Å². The SMILES string of the molecule is c1ccc(-c2nc(-c3ccc4c(c3)oc3ccc5ccccc5c34)nc(-n3c4ccc5ccccc5c4c4c5sc6ccccc6c5ccc43)n2)cc1. The number of fused-ring (bicyclic) bond motifs is 14. The summed E-state index contributed by atoms with van der Waals surface area (Å²) in [6.45, 7) is 0.